The molecule has 0 bridgehead atoms. The number of carbonyl (C=O) groups is 1. The van der Waals surface area contributed by atoms with Crippen LogP contribution in [0.1, 0.15) is 33.6 Å². The molecule has 1 saturated carbocycles. The van der Waals surface area contributed by atoms with E-state index in [0.717, 1.165) is 6.04 Å². The smallest absolute Gasteiger partial charge is 0.226 e. The van der Waals surface area contributed by atoms with Gasteiger partial charge in [-0.3, -0.25) is 9.69 Å². The zero-order chi connectivity index (χ0) is 12.3. The van der Waals surface area contributed by atoms with Gasteiger partial charge in [-0.2, -0.15) is 0 Å². The molecule has 16 heavy (non-hydrogen) atoms. The zero-order valence-corrected chi connectivity index (χ0v) is 10.9. The third kappa shape index (κ3) is 3.46. The van der Waals surface area contributed by atoms with E-state index in [4.69, 9.17) is 5.73 Å². The van der Waals surface area contributed by atoms with Gasteiger partial charge in [0.25, 0.3) is 0 Å². The van der Waals surface area contributed by atoms with E-state index in [9.17, 15) is 4.79 Å². The van der Waals surface area contributed by atoms with E-state index in [0.29, 0.717) is 19.1 Å². The maximum Gasteiger partial charge on any atom is 0.226 e. The lowest BCUT2D eigenvalue weighted by Gasteiger charge is -2.27. The van der Waals surface area contributed by atoms with E-state index in [2.05, 4.69) is 24.2 Å². The molecule has 0 radical (unpaired) electrons. The summed E-state index contributed by atoms with van der Waals surface area (Å²) >= 11 is 0. The average molecular weight is 227 g/mol. The summed E-state index contributed by atoms with van der Waals surface area (Å²) in [6.07, 6.45) is 2.59. The fourth-order valence-corrected chi connectivity index (χ4v) is 1.56. The molecular weight excluding hydrogens is 202 g/mol. The van der Waals surface area contributed by atoms with Crippen molar-refractivity contribution in [1.29, 1.82) is 0 Å². The SMILES string of the molecule is CC(CNC(=O)C(C)(C)CN)N(C)C1CC1. The van der Waals surface area contributed by atoms with Crippen molar-refractivity contribution < 1.29 is 4.79 Å². The van der Waals surface area contributed by atoms with Crippen molar-refractivity contribution in [2.45, 2.75) is 45.7 Å². The number of carbonyl (C=O) groups excluding carboxylic acids is 1. The summed E-state index contributed by atoms with van der Waals surface area (Å²) in [7, 11) is 2.13. The highest BCUT2D eigenvalue weighted by molar-refractivity contribution is 5.82. The first-order valence-electron chi connectivity index (χ1n) is 6.09. The van der Waals surface area contributed by atoms with Crippen LogP contribution in [-0.2, 0) is 4.79 Å². The fraction of sp³-hybridized carbons (Fsp3) is 0.917. The Bertz CT molecular complexity index is 249. The highest BCUT2D eigenvalue weighted by atomic mass is 16.2. The molecule has 4 nitrogen and oxygen atoms in total. The fourth-order valence-electron chi connectivity index (χ4n) is 1.56. The summed E-state index contributed by atoms with van der Waals surface area (Å²) in [5, 5.41) is 2.98. The summed E-state index contributed by atoms with van der Waals surface area (Å²) in [6, 6.07) is 1.12. The van der Waals surface area contributed by atoms with Crippen molar-refractivity contribution in [3.8, 4) is 0 Å². The Morgan fingerprint density at radius 2 is 2.12 bits per heavy atom. The summed E-state index contributed by atoms with van der Waals surface area (Å²) in [5.41, 5.74) is 5.10. The predicted molar refractivity (Wildman–Crippen MR) is 66.1 cm³/mol. The van der Waals surface area contributed by atoms with Crippen molar-refractivity contribution in [2.24, 2.45) is 11.1 Å². The van der Waals surface area contributed by atoms with Crippen molar-refractivity contribution in [2.75, 3.05) is 20.1 Å². The highest BCUT2D eigenvalue weighted by Crippen LogP contribution is 2.26. The van der Waals surface area contributed by atoms with Crippen LogP contribution < -0.4 is 11.1 Å². The monoisotopic (exact) mass is 227 g/mol. The van der Waals surface area contributed by atoms with Crippen LogP contribution in [0.3, 0.4) is 0 Å². The van der Waals surface area contributed by atoms with Gasteiger partial charge in [0.15, 0.2) is 0 Å². The van der Waals surface area contributed by atoms with Crippen LogP contribution in [0, 0.1) is 5.41 Å². The van der Waals surface area contributed by atoms with Gasteiger partial charge in [-0.25, -0.2) is 0 Å². The van der Waals surface area contributed by atoms with Gasteiger partial charge in [0.05, 0.1) is 5.41 Å². The maximum absolute atomic E-state index is 11.8. The Morgan fingerprint density at radius 3 is 2.56 bits per heavy atom. The highest BCUT2D eigenvalue weighted by Gasteiger charge is 2.30. The molecule has 94 valence electrons. The number of rotatable bonds is 6. The minimum absolute atomic E-state index is 0.0473. The second kappa shape index (κ2) is 5.15. The third-order valence-electron chi connectivity index (χ3n) is 3.50. The lowest BCUT2D eigenvalue weighted by Crippen LogP contribution is -2.47. The molecule has 0 aromatic heterocycles. The predicted octanol–water partition coefficient (Wildman–Crippen LogP) is 0.570. The summed E-state index contributed by atoms with van der Waals surface area (Å²) < 4.78 is 0. The van der Waals surface area contributed by atoms with E-state index in [-0.39, 0.29) is 5.91 Å². The van der Waals surface area contributed by atoms with E-state index in [1.807, 2.05) is 13.8 Å². The molecule has 0 saturated heterocycles. The average Bonchev–Trinajstić information content (AvgIpc) is 3.07. The number of nitrogens with two attached hydrogens (primary N) is 1. The Hall–Kier alpha value is -0.610. The molecule has 1 rings (SSSR count). The first kappa shape index (κ1) is 13.5. The molecule has 1 aliphatic rings. The number of hydrogen-bond donors (Lipinski definition) is 2. The summed E-state index contributed by atoms with van der Waals surface area (Å²) in [6.45, 7) is 6.98. The lowest BCUT2D eigenvalue weighted by atomic mass is 9.92. The topological polar surface area (TPSA) is 58.4 Å². The van der Waals surface area contributed by atoms with Crippen LogP contribution in [0.4, 0.5) is 0 Å². The van der Waals surface area contributed by atoms with Gasteiger partial charge in [-0.05, 0) is 40.7 Å². The number of likely N-dealkylation sites (N-methyl/N-ethyl adjacent to an activating group) is 1. The Morgan fingerprint density at radius 1 is 1.56 bits per heavy atom. The van der Waals surface area contributed by atoms with Gasteiger partial charge in [0.2, 0.25) is 5.91 Å². The molecule has 1 aliphatic carbocycles. The van der Waals surface area contributed by atoms with Gasteiger partial charge in [0, 0.05) is 25.2 Å². The molecule has 1 unspecified atom stereocenters. The maximum atomic E-state index is 11.8. The molecule has 0 heterocycles. The van der Waals surface area contributed by atoms with Gasteiger partial charge in [0.1, 0.15) is 0 Å². The third-order valence-corrected chi connectivity index (χ3v) is 3.50. The van der Waals surface area contributed by atoms with Crippen molar-refractivity contribution in [3.63, 3.8) is 0 Å². The standard InChI is InChI=1S/C12H25N3O/c1-9(15(4)10-5-6-10)7-14-11(16)12(2,3)8-13/h9-10H,5-8,13H2,1-4H3,(H,14,16). The van der Waals surface area contributed by atoms with Crippen LogP contribution >= 0.6 is 0 Å². The van der Waals surface area contributed by atoms with Crippen molar-refractivity contribution in [1.82, 2.24) is 10.2 Å². The molecule has 1 fully saturated rings. The molecule has 4 heteroatoms. The van der Waals surface area contributed by atoms with E-state index in [1.54, 1.807) is 0 Å². The quantitative estimate of drug-likeness (QED) is 0.697. The van der Waals surface area contributed by atoms with Gasteiger partial charge < -0.3 is 11.1 Å². The second-order valence-electron chi connectivity index (χ2n) is 5.54. The van der Waals surface area contributed by atoms with Gasteiger partial charge in [-0.15, -0.1) is 0 Å². The number of amides is 1. The van der Waals surface area contributed by atoms with E-state index < -0.39 is 5.41 Å². The molecule has 0 spiro atoms. The van der Waals surface area contributed by atoms with Crippen LogP contribution in [0.5, 0.6) is 0 Å². The first-order chi connectivity index (χ1) is 7.38. The van der Waals surface area contributed by atoms with E-state index in [1.165, 1.54) is 12.8 Å². The summed E-state index contributed by atoms with van der Waals surface area (Å²) in [5.74, 6) is 0.0473. The largest absolute Gasteiger partial charge is 0.354 e. The van der Waals surface area contributed by atoms with Crippen LogP contribution in [0.2, 0.25) is 0 Å². The van der Waals surface area contributed by atoms with Crippen LogP contribution in [0.15, 0.2) is 0 Å². The first-order valence-corrected chi connectivity index (χ1v) is 6.09. The Balaban J connectivity index is 2.30. The summed E-state index contributed by atoms with van der Waals surface area (Å²) in [4.78, 5) is 14.1. The second-order valence-corrected chi connectivity index (χ2v) is 5.54. The molecule has 3 N–H and O–H groups in total. The molecule has 0 aromatic carbocycles. The molecule has 0 aromatic rings. The minimum Gasteiger partial charge on any atom is -0.354 e. The number of hydrogen-bond acceptors (Lipinski definition) is 3. The van der Waals surface area contributed by atoms with Gasteiger partial charge >= 0.3 is 0 Å². The lowest BCUT2D eigenvalue weighted by molar-refractivity contribution is -0.129. The van der Waals surface area contributed by atoms with Crippen molar-refractivity contribution in [3.05, 3.63) is 0 Å². The van der Waals surface area contributed by atoms with E-state index >= 15 is 0 Å². The van der Waals surface area contributed by atoms with Gasteiger partial charge in [-0.1, -0.05) is 0 Å². The molecule has 1 atom stereocenters. The Labute approximate surface area is 98.6 Å². The Kier molecular flexibility index (Phi) is 4.33. The molecular formula is C12H25N3O. The van der Waals surface area contributed by atoms with Crippen LogP contribution in [-0.4, -0.2) is 43.0 Å². The molecule has 0 aliphatic heterocycles. The number of nitrogens with one attached hydrogen (secondary N) is 1. The number of nitrogens with zero attached hydrogens (tertiary/aromatic N) is 1. The minimum atomic E-state index is -0.460. The van der Waals surface area contributed by atoms with Crippen molar-refractivity contribution >= 4 is 5.91 Å². The zero-order valence-electron chi connectivity index (χ0n) is 10.9. The normalized spacial score (nSPS) is 18.6. The van der Waals surface area contributed by atoms with Crippen LogP contribution in [0.25, 0.3) is 0 Å². The molecule has 1 amide bonds.